The van der Waals surface area contributed by atoms with Crippen molar-refractivity contribution in [3.8, 4) is 10.8 Å². The minimum Gasteiger partial charge on any atom is -0.465 e. The van der Waals surface area contributed by atoms with Crippen molar-refractivity contribution in [1.82, 2.24) is 10.2 Å². The van der Waals surface area contributed by atoms with Gasteiger partial charge in [-0.15, -0.1) is 21.5 Å². The third-order valence-corrected chi connectivity index (χ3v) is 3.81. The summed E-state index contributed by atoms with van der Waals surface area (Å²) in [5.74, 6) is 0.196. The monoisotopic (exact) mass is 284 g/mol. The molecule has 0 unspecified atom stereocenters. The lowest BCUT2D eigenvalue weighted by Crippen LogP contribution is -2.16. The van der Waals surface area contributed by atoms with Gasteiger partial charge in [-0.3, -0.25) is 4.79 Å². The predicted molar refractivity (Wildman–Crippen MR) is 69.6 cm³/mol. The summed E-state index contributed by atoms with van der Waals surface area (Å²) in [4.78, 5) is 12.4. The first kappa shape index (κ1) is 13.1. The van der Waals surface area contributed by atoms with Crippen molar-refractivity contribution in [2.75, 3.05) is 6.61 Å². The fourth-order valence-electron chi connectivity index (χ4n) is 1.22. The Bertz CT molecular complexity index is 510. The van der Waals surface area contributed by atoms with Gasteiger partial charge in [0.2, 0.25) is 0 Å². The molecule has 0 saturated carbocycles. The van der Waals surface area contributed by atoms with Gasteiger partial charge in [-0.1, -0.05) is 17.8 Å². The summed E-state index contributed by atoms with van der Waals surface area (Å²) in [6, 6.07) is 3.82. The molecule has 2 aromatic rings. The molecule has 96 valence electrons. The highest BCUT2D eigenvalue weighted by atomic mass is 32.2. The highest BCUT2D eigenvalue weighted by molar-refractivity contribution is 8.00. The minimum absolute atomic E-state index is 0.279. The molecule has 0 spiro atoms. The SMILES string of the molecule is CCOC(=O)[C@H](C)Sc1nnc(-c2cccs2)o1. The number of esters is 1. The summed E-state index contributed by atoms with van der Waals surface area (Å²) in [5, 5.41) is 9.79. The quantitative estimate of drug-likeness (QED) is 0.621. The Morgan fingerprint density at radius 3 is 3.11 bits per heavy atom. The average molecular weight is 284 g/mol. The molecule has 1 atom stereocenters. The second-order valence-corrected chi connectivity index (χ2v) is 5.60. The van der Waals surface area contributed by atoms with Crippen LogP contribution in [0.2, 0.25) is 0 Å². The van der Waals surface area contributed by atoms with Gasteiger partial charge in [0.15, 0.2) is 0 Å². The number of thiophene rings is 1. The second kappa shape index (κ2) is 6.01. The van der Waals surface area contributed by atoms with Crippen molar-refractivity contribution in [2.45, 2.75) is 24.3 Å². The molecule has 0 bridgehead atoms. The van der Waals surface area contributed by atoms with Gasteiger partial charge >= 0.3 is 5.97 Å². The van der Waals surface area contributed by atoms with Crippen LogP contribution in [0.25, 0.3) is 10.8 Å². The number of ether oxygens (including phenoxy) is 1. The Labute approximate surface area is 113 Å². The van der Waals surface area contributed by atoms with E-state index in [4.69, 9.17) is 9.15 Å². The van der Waals surface area contributed by atoms with Gasteiger partial charge in [0, 0.05) is 0 Å². The zero-order valence-corrected chi connectivity index (χ0v) is 11.6. The van der Waals surface area contributed by atoms with E-state index < -0.39 is 0 Å². The third kappa shape index (κ3) is 3.11. The van der Waals surface area contributed by atoms with E-state index in [0.717, 1.165) is 4.88 Å². The molecule has 0 fully saturated rings. The molecule has 0 aliphatic carbocycles. The maximum atomic E-state index is 11.5. The van der Waals surface area contributed by atoms with Gasteiger partial charge in [0.1, 0.15) is 5.25 Å². The molecule has 5 nitrogen and oxygen atoms in total. The molecule has 0 amide bonds. The molecule has 0 aliphatic heterocycles. The molecular formula is C11H12N2O3S2. The lowest BCUT2D eigenvalue weighted by atomic mass is 10.5. The molecule has 0 N–H and O–H groups in total. The maximum Gasteiger partial charge on any atom is 0.319 e. The lowest BCUT2D eigenvalue weighted by molar-refractivity contribution is -0.142. The van der Waals surface area contributed by atoms with Crippen molar-refractivity contribution < 1.29 is 13.9 Å². The van der Waals surface area contributed by atoms with Crippen molar-refractivity contribution in [1.29, 1.82) is 0 Å². The van der Waals surface area contributed by atoms with E-state index in [9.17, 15) is 4.79 Å². The molecule has 2 aromatic heterocycles. The second-order valence-electron chi connectivity index (χ2n) is 3.36. The predicted octanol–water partition coefficient (Wildman–Crippen LogP) is 2.84. The van der Waals surface area contributed by atoms with E-state index in [1.165, 1.54) is 23.1 Å². The van der Waals surface area contributed by atoms with E-state index in [2.05, 4.69) is 10.2 Å². The highest BCUT2D eigenvalue weighted by Crippen LogP contribution is 2.28. The van der Waals surface area contributed by atoms with Crippen LogP contribution in [-0.2, 0) is 9.53 Å². The van der Waals surface area contributed by atoms with Gasteiger partial charge in [0.25, 0.3) is 11.1 Å². The van der Waals surface area contributed by atoms with Gasteiger partial charge in [0.05, 0.1) is 11.5 Å². The fraction of sp³-hybridized carbons (Fsp3) is 0.364. The molecule has 0 aliphatic rings. The number of carbonyl (C=O) groups excluding carboxylic acids is 1. The van der Waals surface area contributed by atoms with E-state index in [1.807, 2.05) is 17.5 Å². The molecule has 7 heteroatoms. The smallest absolute Gasteiger partial charge is 0.319 e. The van der Waals surface area contributed by atoms with Crippen molar-refractivity contribution >= 4 is 29.1 Å². The maximum absolute atomic E-state index is 11.5. The Morgan fingerprint density at radius 1 is 1.61 bits per heavy atom. The Balaban J connectivity index is 2.01. The number of thioether (sulfide) groups is 1. The molecule has 0 aromatic carbocycles. The van der Waals surface area contributed by atoms with Gasteiger partial charge < -0.3 is 9.15 Å². The first-order valence-electron chi connectivity index (χ1n) is 5.41. The van der Waals surface area contributed by atoms with Crippen LogP contribution < -0.4 is 0 Å². The summed E-state index contributed by atoms with van der Waals surface area (Å²) in [6.45, 7) is 3.89. The fourth-order valence-corrected chi connectivity index (χ4v) is 2.54. The first-order valence-corrected chi connectivity index (χ1v) is 7.17. The topological polar surface area (TPSA) is 65.2 Å². The van der Waals surface area contributed by atoms with Crippen molar-refractivity contribution in [3.05, 3.63) is 17.5 Å². The van der Waals surface area contributed by atoms with Crippen LogP contribution in [0.1, 0.15) is 13.8 Å². The number of nitrogens with zero attached hydrogens (tertiary/aromatic N) is 2. The van der Waals surface area contributed by atoms with E-state index in [0.29, 0.717) is 17.7 Å². The van der Waals surface area contributed by atoms with Crippen LogP contribution in [-0.4, -0.2) is 28.0 Å². The lowest BCUT2D eigenvalue weighted by Gasteiger charge is -2.06. The average Bonchev–Trinajstić information content (AvgIpc) is 2.98. The molecule has 2 heterocycles. The molecule has 0 radical (unpaired) electrons. The highest BCUT2D eigenvalue weighted by Gasteiger charge is 2.19. The van der Waals surface area contributed by atoms with E-state index in [1.54, 1.807) is 13.8 Å². The summed E-state index contributed by atoms with van der Waals surface area (Å²) in [7, 11) is 0. The molecule has 18 heavy (non-hydrogen) atoms. The van der Waals surface area contributed by atoms with Crippen molar-refractivity contribution in [3.63, 3.8) is 0 Å². The number of hydrogen-bond donors (Lipinski definition) is 0. The summed E-state index contributed by atoms with van der Waals surface area (Å²) in [5.41, 5.74) is 0. The van der Waals surface area contributed by atoms with Crippen LogP contribution in [0, 0.1) is 0 Å². The summed E-state index contributed by atoms with van der Waals surface area (Å²) in [6.07, 6.45) is 0. The standard InChI is InChI=1S/C11H12N2O3S2/c1-3-15-10(14)7(2)18-11-13-12-9(16-11)8-5-4-6-17-8/h4-7H,3H2,1-2H3/t7-/m0/s1. The normalized spacial score (nSPS) is 12.3. The minimum atomic E-state index is -0.360. The van der Waals surface area contributed by atoms with Gasteiger partial charge in [-0.05, 0) is 25.3 Å². The zero-order valence-electron chi connectivity index (χ0n) is 9.95. The number of hydrogen-bond acceptors (Lipinski definition) is 7. The molecular weight excluding hydrogens is 272 g/mol. The van der Waals surface area contributed by atoms with Crippen LogP contribution in [0.5, 0.6) is 0 Å². The van der Waals surface area contributed by atoms with Crippen LogP contribution in [0.15, 0.2) is 27.2 Å². The number of rotatable bonds is 5. The Kier molecular flexibility index (Phi) is 4.38. The van der Waals surface area contributed by atoms with Crippen LogP contribution in [0.3, 0.4) is 0 Å². The summed E-state index contributed by atoms with van der Waals surface area (Å²) >= 11 is 2.73. The Morgan fingerprint density at radius 2 is 2.44 bits per heavy atom. The largest absolute Gasteiger partial charge is 0.465 e. The van der Waals surface area contributed by atoms with Crippen molar-refractivity contribution in [2.24, 2.45) is 0 Å². The Hall–Kier alpha value is -1.34. The van der Waals surface area contributed by atoms with Gasteiger partial charge in [-0.25, -0.2) is 0 Å². The third-order valence-electron chi connectivity index (χ3n) is 2.03. The molecule has 2 rings (SSSR count). The van der Waals surface area contributed by atoms with Crippen LogP contribution in [0.4, 0.5) is 0 Å². The first-order chi connectivity index (χ1) is 8.70. The van der Waals surface area contributed by atoms with Crippen LogP contribution >= 0.6 is 23.1 Å². The zero-order chi connectivity index (χ0) is 13.0. The number of carbonyl (C=O) groups is 1. The van der Waals surface area contributed by atoms with E-state index in [-0.39, 0.29) is 11.2 Å². The van der Waals surface area contributed by atoms with Gasteiger partial charge in [-0.2, -0.15) is 0 Å². The summed E-state index contributed by atoms with van der Waals surface area (Å²) < 4.78 is 10.4. The number of aromatic nitrogens is 2. The van der Waals surface area contributed by atoms with E-state index >= 15 is 0 Å². The molecule has 0 saturated heterocycles.